The van der Waals surface area contributed by atoms with E-state index in [0.717, 1.165) is 30.4 Å². The van der Waals surface area contributed by atoms with Crippen LogP contribution in [0.5, 0.6) is 0 Å². The molecule has 39 heavy (non-hydrogen) atoms. The van der Waals surface area contributed by atoms with Gasteiger partial charge in [-0.05, 0) is 102 Å². The zero-order chi connectivity index (χ0) is 29.0. The van der Waals surface area contributed by atoms with Gasteiger partial charge in [-0.25, -0.2) is 4.79 Å². The highest BCUT2D eigenvalue weighted by Crippen LogP contribution is 2.69. The number of hydrogen-bond acceptors (Lipinski definition) is 5. The van der Waals surface area contributed by atoms with E-state index < -0.39 is 22.4 Å². The van der Waals surface area contributed by atoms with Crippen LogP contribution >= 0.6 is 0 Å². The van der Waals surface area contributed by atoms with Crippen molar-refractivity contribution in [3.8, 4) is 0 Å². The number of carboxylic acids is 1. The molecule has 3 aliphatic carbocycles. The summed E-state index contributed by atoms with van der Waals surface area (Å²) in [5, 5.41) is 9.71. The molecule has 0 radical (unpaired) electrons. The van der Waals surface area contributed by atoms with Crippen LogP contribution in [0.2, 0.25) is 0 Å². The summed E-state index contributed by atoms with van der Waals surface area (Å²) >= 11 is 0. The molecule has 0 aromatic rings. The highest BCUT2D eigenvalue weighted by molar-refractivity contribution is 7.81. The van der Waals surface area contributed by atoms with Crippen LogP contribution in [-0.2, 0) is 24.2 Å². The minimum Gasteiger partial charge on any atom is -0.480 e. The number of hydrogen-bond donors (Lipinski definition) is 2. The monoisotopic (exact) mass is 565 g/mol. The highest BCUT2D eigenvalue weighted by Gasteiger charge is 2.61. The van der Waals surface area contributed by atoms with E-state index in [4.69, 9.17) is 4.18 Å². The maximum Gasteiger partial charge on any atom is 0.445 e. The van der Waals surface area contributed by atoms with Gasteiger partial charge in [0.2, 0.25) is 5.91 Å². The number of amides is 1. The van der Waals surface area contributed by atoms with E-state index in [2.05, 4.69) is 27.7 Å². The Labute approximate surface area is 234 Å². The first-order chi connectivity index (χ1) is 18.0. The predicted molar refractivity (Wildman–Crippen MR) is 149 cm³/mol. The zero-order valence-corrected chi connectivity index (χ0v) is 25.2. The molecule has 0 saturated heterocycles. The van der Waals surface area contributed by atoms with Gasteiger partial charge in [0, 0.05) is 12.6 Å². The van der Waals surface area contributed by atoms with Crippen LogP contribution in [0.4, 0.5) is 0 Å². The van der Waals surface area contributed by atoms with E-state index in [1.165, 1.54) is 30.4 Å². The van der Waals surface area contributed by atoms with E-state index >= 15 is 0 Å². The molecule has 0 aromatic carbocycles. The molecule has 0 aromatic heterocycles. The van der Waals surface area contributed by atoms with E-state index in [1.54, 1.807) is 6.08 Å². The number of carbonyl (C=O) groups excluding carboxylic acids is 1. The average Bonchev–Trinajstić information content (AvgIpc) is 3.14. The van der Waals surface area contributed by atoms with Crippen LogP contribution in [0, 0.1) is 39.9 Å². The number of nitrogens with zero attached hydrogens (tertiary/aromatic N) is 1. The van der Waals surface area contributed by atoms with Gasteiger partial charge >= 0.3 is 16.4 Å². The van der Waals surface area contributed by atoms with Crippen molar-refractivity contribution in [3.63, 3.8) is 0 Å². The summed E-state index contributed by atoms with van der Waals surface area (Å²) < 4.78 is 37.0. The van der Waals surface area contributed by atoms with Gasteiger partial charge in [-0.2, -0.15) is 8.42 Å². The fourth-order valence-corrected chi connectivity index (χ4v) is 9.79. The molecule has 1 aliphatic heterocycles. The first kappa shape index (κ1) is 30.1. The van der Waals surface area contributed by atoms with Crippen LogP contribution < -0.4 is 0 Å². The summed E-state index contributed by atoms with van der Waals surface area (Å²) in [6.07, 6.45) is 11.7. The fourth-order valence-electron chi connectivity index (χ4n) is 9.55. The molecule has 6 atom stereocenters. The number of fused-ring (bicyclic) bond motifs is 3. The van der Waals surface area contributed by atoms with Gasteiger partial charge < -0.3 is 14.2 Å². The van der Waals surface area contributed by atoms with E-state index in [9.17, 15) is 27.7 Å². The Morgan fingerprint density at radius 1 is 1.13 bits per heavy atom. The molecule has 3 saturated carbocycles. The van der Waals surface area contributed by atoms with Crippen LogP contribution in [-0.4, -0.2) is 47.4 Å². The summed E-state index contributed by atoms with van der Waals surface area (Å²) in [6, 6.07) is -0.869. The summed E-state index contributed by atoms with van der Waals surface area (Å²) in [5.41, 5.74) is 2.23. The van der Waals surface area contributed by atoms with Crippen molar-refractivity contribution in [2.45, 2.75) is 105 Å². The second-order valence-corrected chi connectivity index (χ2v) is 15.2. The first-order valence-electron chi connectivity index (χ1n) is 14.6. The Hall–Kier alpha value is -1.87. The Kier molecular flexibility index (Phi) is 8.11. The third kappa shape index (κ3) is 5.67. The van der Waals surface area contributed by atoms with Crippen molar-refractivity contribution in [1.82, 2.24) is 4.90 Å². The molecule has 9 heteroatoms. The Balaban J connectivity index is 1.61. The molecule has 3 fully saturated rings. The Morgan fingerprint density at radius 2 is 1.82 bits per heavy atom. The van der Waals surface area contributed by atoms with E-state index in [0.29, 0.717) is 43.1 Å². The molecule has 220 valence electrons. The number of carbonyl (C=O) groups is 2. The highest BCUT2D eigenvalue weighted by atomic mass is 32.3. The van der Waals surface area contributed by atoms with Crippen molar-refractivity contribution in [2.75, 3.05) is 6.54 Å². The van der Waals surface area contributed by atoms with Crippen LogP contribution in [0.1, 0.15) is 99.3 Å². The number of carboxylic acid groups (broad SMARTS) is 1. The molecule has 0 unspecified atom stereocenters. The van der Waals surface area contributed by atoms with Crippen molar-refractivity contribution >= 4 is 22.3 Å². The van der Waals surface area contributed by atoms with Crippen molar-refractivity contribution in [1.29, 1.82) is 0 Å². The number of aliphatic carboxylic acids is 1. The lowest BCUT2D eigenvalue weighted by Crippen LogP contribution is -2.58. The van der Waals surface area contributed by atoms with E-state index in [1.807, 2.05) is 13.8 Å². The topological polar surface area (TPSA) is 121 Å². The van der Waals surface area contributed by atoms with Gasteiger partial charge in [0.1, 0.15) is 12.3 Å². The molecule has 0 spiro atoms. The van der Waals surface area contributed by atoms with Crippen LogP contribution in [0.25, 0.3) is 0 Å². The van der Waals surface area contributed by atoms with Crippen molar-refractivity contribution in [2.24, 2.45) is 39.9 Å². The summed E-state index contributed by atoms with van der Waals surface area (Å²) in [4.78, 5) is 26.1. The average molecular weight is 566 g/mol. The maximum atomic E-state index is 12.8. The largest absolute Gasteiger partial charge is 0.480 e. The van der Waals surface area contributed by atoms with Crippen molar-refractivity contribution in [3.05, 3.63) is 23.5 Å². The quantitative estimate of drug-likeness (QED) is 0.273. The van der Waals surface area contributed by atoms with Crippen LogP contribution in [0.3, 0.4) is 0 Å². The standard InChI is InChI=1S/C30H47NO7S/c1-19(2)26(27(33)34)31-17-20(16-25(31)32)8-10-22-21(18-38-39(35,36)37)9-11-24-29(22,5)15-12-23-28(3,4)13-7-14-30(23,24)6/h16,18-19,22-24,26H,7-15,17H2,1-6H3,(H,33,34)(H,35,36,37)/b21-18+/t22-,23-,24-,26-,29+,30-/m0/s1. The summed E-state index contributed by atoms with van der Waals surface area (Å²) in [6.45, 7) is 13.6. The first-order valence-corrected chi connectivity index (χ1v) is 15.9. The number of rotatable bonds is 8. The minimum atomic E-state index is -4.61. The molecule has 4 rings (SSSR count). The molecular weight excluding hydrogens is 518 g/mol. The SMILES string of the molecule is CC(C)[C@@H](C(=O)O)N1CC(CC[C@H]2/C(=C/OS(=O)(=O)O)CC[C@H]3[C@]2(C)CC[C@H]2C(C)(C)CCC[C@]32C)=CC1=O. The predicted octanol–water partition coefficient (Wildman–Crippen LogP) is 6.01. The summed E-state index contributed by atoms with van der Waals surface area (Å²) in [5.74, 6) is -0.314. The molecule has 0 bridgehead atoms. The summed E-state index contributed by atoms with van der Waals surface area (Å²) in [7, 11) is -4.61. The van der Waals surface area contributed by atoms with Gasteiger partial charge in [-0.3, -0.25) is 9.35 Å². The van der Waals surface area contributed by atoms with Crippen LogP contribution in [0.15, 0.2) is 23.5 Å². The normalized spacial score (nSPS) is 36.4. The second-order valence-electron chi connectivity index (χ2n) is 14.1. The molecule has 8 nitrogen and oxygen atoms in total. The molecule has 4 aliphatic rings. The van der Waals surface area contributed by atoms with Gasteiger partial charge in [-0.15, -0.1) is 0 Å². The molecule has 1 amide bonds. The minimum absolute atomic E-state index is 0.0336. The lowest BCUT2D eigenvalue weighted by Gasteiger charge is -2.66. The van der Waals surface area contributed by atoms with E-state index in [-0.39, 0.29) is 28.6 Å². The Bertz CT molecular complexity index is 1160. The smallest absolute Gasteiger partial charge is 0.445 e. The van der Waals surface area contributed by atoms with Gasteiger partial charge in [0.05, 0.1) is 0 Å². The molecule has 1 heterocycles. The molecular formula is C30H47NO7S. The molecule has 2 N–H and O–H groups in total. The second kappa shape index (κ2) is 10.5. The number of allylic oxidation sites excluding steroid dienone is 1. The Morgan fingerprint density at radius 3 is 2.44 bits per heavy atom. The van der Waals surface area contributed by atoms with Gasteiger partial charge in [-0.1, -0.05) is 48.0 Å². The van der Waals surface area contributed by atoms with Gasteiger partial charge in [0.15, 0.2) is 0 Å². The maximum absolute atomic E-state index is 12.8. The lowest BCUT2D eigenvalue weighted by molar-refractivity contribution is -0.154. The fraction of sp³-hybridized carbons (Fsp3) is 0.800. The van der Waals surface area contributed by atoms with Gasteiger partial charge in [0.25, 0.3) is 0 Å². The zero-order valence-electron chi connectivity index (χ0n) is 24.4. The third-order valence-corrected chi connectivity index (χ3v) is 11.4. The third-order valence-electron chi connectivity index (χ3n) is 11.1. The lowest BCUT2D eigenvalue weighted by atomic mass is 9.39. The van der Waals surface area contributed by atoms with Crippen molar-refractivity contribution < 1.29 is 31.8 Å².